The van der Waals surface area contributed by atoms with Crippen LogP contribution in [-0.4, -0.2) is 37.6 Å². The van der Waals surface area contributed by atoms with Gasteiger partial charge in [-0.15, -0.1) is 0 Å². The van der Waals surface area contributed by atoms with E-state index in [1.807, 2.05) is 17.8 Å². The van der Waals surface area contributed by atoms with Gasteiger partial charge in [0, 0.05) is 47.5 Å². The molecule has 24 heavy (non-hydrogen) atoms. The predicted octanol–water partition coefficient (Wildman–Crippen LogP) is 4.53. The Bertz CT molecular complexity index is 766. The summed E-state index contributed by atoms with van der Waals surface area (Å²) < 4.78 is 0. The number of rotatable bonds is 3. The van der Waals surface area contributed by atoms with Crippen LogP contribution in [0.15, 0.2) is 58.3 Å². The van der Waals surface area contributed by atoms with Gasteiger partial charge >= 0.3 is 0 Å². The summed E-state index contributed by atoms with van der Waals surface area (Å²) in [6, 6.07) is 14.9. The van der Waals surface area contributed by atoms with Gasteiger partial charge < -0.3 is 10.2 Å². The largest absolute Gasteiger partial charge is 0.314 e. The van der Waals surface area contributed by atoms with Crippen LogP contribution in [-0.2, 0) is 0 Å². The van der Waals surface area contributed by atoms with Crippen molar-refractivity contribution >= 4 is 28.9 Å². The van der Waals surface area contributed by atoms with Crippen LogP contribution in [0.5, 0.6) is 0 Å². The van der Waals surface area contributed by atoms with Crippen LogP contribution in [0.25, 0.3) is 5.57 Å². The Balaban J connectivity index is 1.63. The molecule has 0 saturated carbocycles. The van der Waals surface area contributed by atoms with Crippen molar-refractivity contribution in [3.05, 3.63) is 64.7 Å². The lowest BCUT2D eigenvalue weighted by atomic mass is 9.96. The van der Waals surface area contributed by atoms with Gasteiger partial charge in [-0.2, -0.15) is 0 Å². The number of piperazine rings is 1. The molecule has 0 amide bonds. The van der Waals surface area contributed by atoms with E-state index in [0.29, 0.717) is 0 Å². The van der Waals surface area contributed by atoms with E-state index in [0.717, 1.165) is 44.2 Å². The molecule has 2 aliphatic heterocycles. The van der Waals surface area contributed by atoms with Crippen molar-refractivity contribution < 1.29 is 0 Å². The van der Waals surface area contributed by atoms with E-state index < -0.39 is 0 Å². The van der Waals surface area contributed by atoms with Gasteiger partial charge in [0.1, 0.15) is 0 Å². The second-order valence-electron chi connectivity index (χ2n) is 6.24. The molecule has 0 aliphatic carbocycles. The molecule has 124 valence electrons. The van der Waals surface area contributed by atoms with Crippen LogP contribution in [0.2, 0.25) is 5.02 Å². The molecular formula is C20H21ClN2S. The van der Waals surface area contributed by atoms with Gasteiger partial charge in [-0.05, 0) is 47.4 Å². The minimum absolute atomic E-state index is 0.807. The number of fused-ring (bicyclic) bond motifs is 2. The van der Waals surface area contributed by atoms with Crippen molar-refractivity contribution in [1.82, 2.24) is 10.2 Å². The smallest absolute Gasteiger partial charge is 0.0412 e. The molecular weight excluding hydrogens is 336 g/mol. The minimum atomic E-state index is 0.807. The fourth-order valence-electron chi connectivity index (χ4n) is 3.39. The van der Waals surface area contributed by atoms with Gasteiger partial charge in [0.2, 0.25) is 0 Å². The SMILES string of the molecule is Clc1ccc2c(c1)/C(=C\CCN1CCNCC1)c1ccccc1S2. The molecule has 4 rings (SSSR count). The summed E-state index contributed by atoms with van der Waals surface area (Å²) in [6.07, 6.45) is 3.47. The molecule has 0 spiro atoms. The first-order valence-corrected chi connectivity index (χ1v) is 9.71. The molecule has 2 aromatic carbocycles. The summed E-state index contributed by atoms with van der Waals surface area (Å²) in [4.78, 5) is 5.17. The number of nitrogens with one attached hydrogen (secondary N) is 1. The average molecular weight is 357 g/mol. The zero-order chi connectivity index (χ0) is 16.4. The van der Waals surface area contributed by atoms with E-state index in [1.54, 1.807) is 0 Å². The Labute approximate surface area is 152 Å². The zero-order valence-electron chi connectivity index (χ0n) is 13.6. The molecule has 2 heterocycles. The van der Waals surface area contributed by atoms with E-state index in [-0.39, 0.29) is 0 Å². The van der Waals surface area contributed by atoms with E-state index >= 15 is 0 Å². The number of nitrogens with zero attached hydrogens (tertiary/aromatic N) is 1. The summed E-state index contributed by atoms with van der Waals surface area (Å²) in [5.74, 6) is 0. The predicted molar refractivity (Wildman–Crippen MR) is 103 cm³/mol. The van der Waals surface area contributed by atoms with E-state index in [2.05, 4.69) is 52.7 Å². The van der Waals surface area contributed by atoms with Gasteiger partial charge in [-0.3, -0.25) is 0 Å². The molecule has 0 aromatic heterocycles. The minimum Gasteiger partial charge on any atom is -0.314 e. The lowest BCUT2D eigenvalue weighted by Crippen LogP contribution is -2.43. The van der Waals surface area contributed by atoms with Gasteiger partial charge in [0.25, 0.3) is 0 Å². The van der Waals surface area contributed by atoms with Crippen molar-refractivity contribution in [2.24, 2.45) is 0 Å². The second-order valence-corrected chi connectivity index (χ2v) is 7.76. The Kier molecular flexibility index (Phi) is 4.95. The quantitative estimate of drug-likeness (QED) is 0.742. The Morgan fingerprint density at radius 2 is 1.83 bits per heavy atom. The highest BCUT2D eigenvalue weighted by molar-refractivity contribution is 7.99. The Morgan fingerprint density at radius 1 is 1.04 bits per heavy atom. The molecule has 2 aromatic rings. The first-order valence-electron chi connectivity index (χ1n) is 8.52. The zero-order valence-corrected chi connectivity index (χ0v) is 15.2. The lowest BCUT2D eigenvalue weighted by molar-refractivity contribution is 0.245. The van der Waals surface area contributed by atoms with Crippen molar-refractivity contribution in [3.8, 4) is 0 Å². The van der Waals surface area contributed by atoms with Crippen molar-refractivity contribution in [1.29, 1.82) is 0 Å². The Morgan fingerprint density at radius 3 is 2.71 bits per heavy atom. The third-order valence-corrected chi connectivity index (χ3v) is 6.02. The molecule has 1 fully saturated rings. The number of benzene rings is 2. The number of hydrogen-bond acceptors (Lipinski definition) is 3. The van der Waals surface area contributed by atoms with Crippen molar-refractivity contribution in [2.75, 3.05) is 32.7 Å². The number of halogens is 1. The highest BCUT2D eigenvalue weighted by atomic mass is 35.5. The van der Waals surface area contributed by atoms with Crippen LogP contribution in [0.4, 0.5) is 0 Å². The number of hydrogen-bond donors (Lipinski definition) is 1. The maximum absolute atomic E-state index is 6.27. The molecule has 0 atom stereocenters. The summed E-state index contributed by atoms with van der Waals surface area (Å²) >= 11 is 8.11. The fraction of sp³-hybridized carbons (Fsp3) is 0.300. The summed E-state index contributed by atoms with van der Waals surface area (Å²) in [6.45, 7) is 5.63. The molecule has 1 N–H and O–H groups in total. The Hall–Kier alpha value is -1.26. The monoisotopic (exact) mass is 356 g/mol. The van der Waals surface area contributed by atoms with Crippen LogP contribution < -0.4 is 5.32 Å². The van der Waals surface area contributed by atoms with Gasteiger partial charge in [-0.25, -0.2) is 0 Å². The molecule has 0 radical (unpaired) electrons. The highest BCUT2D eigenvalue weighted by Gasteiger charge is 2.20. The van der Waals surface area contributed by atoms with Crippen LogP contribution in [0, 0.1) is 0 Å². The molecule has 1 saturated heterocycles. The second kappa shape index (κ2) is 7.32. The van der Waals surface area contributed by atoms with Crippen molar-refractivity contribution in [3.63, 3.8) is 0 Å². The molecule has 2 nitrogen and oxygen atoms in total. The van der Waals surface area contributed by atoms with Crippen LogP contribution in [0.3, 0.4) is 0 Å². The maximum Gasteiger partial charge on any atom is 0.0412 e. The lowest BCUT2D eigenvalue weighted by Gasteiger charge is -2.27. The average Bonchev–Trinajstić information content (AvgIpc) is 2.62. The third-order valence-electron chi connectivity index (χ3n) is 4.63. The molecule has 2 aliphatic rings. The normalized spacial score (nSPS) is 19.1. The topological polar surface area (TPSA) is 15.3 Å². The molecule has 0 bridgehead atoms. The van der Waals surface area contributed by atoms with E-state index in [9.17, 15) is 0 Å². The van der Waals surface area contributed by atoms with E-state index in [4.69, 9.17) is 11.6 Å². The fourth-order valence-corrected chi connectivity index (χ4v) is 4.65. The highest BCUT2D eigenvalue weighted by Crippen LogP contribution is 2.46. The van der Waals surface area contributed by atoms with E-state index in [1.165, 1.54) is 26.5 Å². The van der Waals surface area contributed by atoms with Gasteiger partial charge in [0.15, 0.2) is 0 Å². The van der Waals surface area contributed by atoms with Gasteiger partial charge in [-0.1, -0.05) is 47.6 Å². The maximum atomic E-state index is 6.27. The molecule has 0 unspecified atom stereocenters. The van der Waals surface area contributed by atoms with Crippen LogP contribution >= 0.6 is 23.4 Å². The summed E-state index contributed by atoms with van der Waals surface area (Å²) in [5, 5.41) is 4.22. The summed E-state index contributed by atoms with van der Waals surface area (Å²) in [7, 11) is 0. The standard InChI is InChI=1S/C20H21ClN2S/c21-15-7-8-20-18(14-15)16(17-4-1-2-6-19(17)24-20)5-3-11-23-12-9-22-10-13-23/h1-2,4-8,14,22H,3,9-13H2/b16-5-. The van der Waals surface area contributed by atoms with Crippen LogP contribution in [0.1, 0.15) is 17.5 Å². The first kappa shape index (κ1) is 16.2. The third kappa shape index (κ3) is 3.40. The molecule has 4 heteroatoms. The first-order chi connectivity index (χ1) is 11.8. The summed E-state index contributed by atoms with van der Waals surface area (Å²) in [5.41, 5.74) is 3.93. The van der Waals surface area contributed by atoms with Gasteiger partial charge in [0.05, 0.1) is 0 Å². The van der Waals surface area contributed by atoms with Crippen molar-refractivity contribution in [2.45, 2.75) is 16.2 Å².